The molecular weight excluding hydrogens is 259 g/mol. The number of hydrogen-bond donors (Lipinski definition) is 1. The summed E-state index contributed by atoms with van der Waals surface area (Å²) in [7, 11) is 3.45. The fourth-order valence-corrected chi connectivity index (χ4v) is 1.82. The van der Waals surface area contributed by atoms with Gasteiger partial charge in [-0.15, -0.1) is 0 Å². The van der Waals surface area contributed by atoms with Crippen molar-refractivity contribution in [3.8, 4) is 0 Å². The number of halogens is 2. The first-order chi connectivity index (χ1) is 7.91. The van der Waals surface area contributed by atoms with Crippen LogP contribution in [0.15, 0.2) is 18.2 Å². The lowest BCUT2D eigenvalue weighted by Crippen LogP contribution is -2.34. The molecule has 0 saturated carbocycles. The highest BCUT2D eigenvalue weighted by Gasteiger charge is 2.12. The highest BCUT2D eigenvalue weighted by Crippen LogP contribution is 2.25. The van der Waals surface area contributed by atoms with E-state index in [1.165, 1.54) is 0 Å². The molecule has 0 aromatic heterocycles. The van der Waals surface area contributed by atoms with Gasteiger partial charge in [0.2, 0.25) is 5.91 Å². The highest BCUT2D eigenvalue weighted by atomic mass is 35.5. The topological polar surface area (TPSA) is 32.3 Å². The first-order valence-electron chi connectivity index (χ1n) is 5.30. The van der Waals surface area contributed by atoms with Crippen LogP contribution in [0.2, 0.25) is 10.0 Å². The molecule has 1 N–H and O–H groups in total. The van der Waals surface area contributed by atoms with Gasteiger partial charge in [0.05, 0.1) is 6.54 Å². The minimum absolute atomic E-state index is 0.0231. The van der Waals surface area contributed by atoms with E-state index in [9.17, 15) is 4.79 Å². The van der Waals surface area contributed by atoms with Crippen LogP contribution >= 0.6 is 23.2 Å². The molecule has 0 bridgehead atoms. The molecule has 0 fully saturated rings. The average molecular weight is 275 g/mol. The van der Waals surface area contributed by atoms with Gasteiger partial charge < -0.3 is 10.2 Å². The van der Waals surface area contributed by atoms with Crippen LogP contribution in [0.1, 0.15) is 18.5 Å². The Hall–Kier alpha value is -0.770. The first-order valence-corrected chi connectivity index (χ1v) is 6.06. The maximum atomic E-state index is 11.4. The van der Waals surface area contributed by atoms with Crippen LogP contribution in [0.25, 0.3) is 0 Å². The lowest BCUT2D eigenvalue weighted by molar-refractivity contribution is -0.127. The molecule has 0 radical (unpaired) electrons. The van der Waals surface area contributed by atoms with Crippen LogP contribution < -0.4 is 5.32 Å². The molecular formula is C12H16Cl2N2O. The van der Waals surface area contributed by atoms with Gasteiger partial charge in [-0.05, 0) is 30.7 Å². The molecule has 94 valence electrons. The average Bonchev–Trinajstić information content (AvgIpc) is 2.28. The molecule has 5 heteroatoms. The number of amides is 1. The lowest BCUT2D eigenvalue weighted by Gasteiger charge is -2.17. The fourth-order valence-electron chi connectivity index (χ4n) is 1.35. The van der Waals surface area contributed by atoms with Crippen LogP contribution in [0.3, 0.4) is 0 Å². The van der Waals surface area contributed by atoms with Crippen molar-refractivity contribution < 1.29 is 4.79 Å². The van der Waals surface area contributed by atoms with Crippen molar-refractivity contribution >= 4 is 29.1 Å². The summed E-state index contributed by atoms with van der Waals surface area (Å²) in [6.45, 7) is 2.22. The van der Waals surface area contributed by atoms with Crippen molar-refractivity contribution in [1.82, 2.24) is 10.2 Å². The summed E-state index contributed by atoms with van der Waals surface area (Å²) in [6.07, 6.45) is 0. The smallest absolute Gasteiger partial charge is 0.236 e. The van der Waals surface area contributed by atoms with E-state index in [-0.39, 0.29) is 18.5 Å². The van der Waals surface area contributed by atoms with E-state index in [1.807, 2.05) is 13.0 Å². The molecule has 3 nitrogen and oxygen atoms in total. The number of carbonyl (C=O) groups excluding carboxylic acids is 1. The van der Waals surface area contributed by atoms with Crippen molar-refractivity contribution in [3.05, 3.63) is 33.8 Å². The Balaban J connectivity index is 2.67. The van der Waals surface area contributed by atoms with Crippen molar-refractivity contribution in [2.75, 3.05) is 20.6 Å². The van der Waals surface area contributed by atoms with Gasteiger partial charge in [-0.1, -0.05) is 23.2 Å². The molecule has 0 aliphatic carbocycles. The van der Waals surface area contributed by atoms with Crippen LogP contribution in [0.5, 0.6) is 0 Å². The van der Waals surface area contributed by atoms with E-state index in [0.717, 1.165) is 5.56 Å². The second-order valence-corrected chi connectivity index (χ2v) is 4.90. The maximum Gasteiger partial charge on any atom is 0.236 e. The second kappa shape index (κ2) is 6.24. The fraction of sp³-hybridized carbons (Fsp3) is 0.417. The Morgan fingerprint density at radius 1 is 1.41 bits per heavy atom. The van der Waals surface area contributed by atoms with E-state index in [1.54, 1.807) is 31.1 Å². The van der Waals surface area contributed by atoms with Gasteiger partial charge in [0.15, 0.2) is 0 Å². The first kappa shape index (κ1) is 14.3. The van der Waals surface area contributed by atoms with E-state index in [2.05, 4.69) is 5.32 Å². The van der Waals surface area contributed by atoms with E-state index in [0.29, 0.717) is 10.0 Å². The molecule has 0 aliphatic heterocycles. The van der Waals surface area contributed by atoms with Crippen LogP contribution in [-0.2, 0) is 4.79 Å². The zero-order valence-electron chi connectivity index (χ0n) is 10.1. The van der Waals surface area contributed by atoms with Crippen molar-refractivity contribution in [1.29, 1.82) is 0 Å². The summed E-state index contributed by atoms with van der Waals surface area (Å²) in [5, 5.41) is 4.39. The number of carbonyl (C=O) groups is 1. The van der Waals surface area contributed by atoms with Crippen LogP contribution in [0, 0.1) is 0 Å². The molecule has 0 aliphatic rings. The summed E-state index contributed by atoms with van der Waals surface area (Å²) in [5.74, 6) is 0.0231. The third-order valence-corrected chi connectivity index (χ3v) is 3.06. The third-order valence-electron chi connectivity index (χ3n) is 2.48. The molecule has 1 aromatic carbocycles. The minimum atomic E-state index is -0.0231. The van der Waals surface area contributed by atoms with Gasteiger partial charge in [0.1, 0.15) is 0 Å². The number of nitrogens with one attached hydrogen (secondary N) is 1. The van der Waals surface area contributed by atoms with Gasteiger partial charge in [-0.2, -0.15) is 0 Å². The van der Waals surface area contributed by atoms with Gasteiger partial charge in [0.25, 0.3) is 0 Å². The van der Waals surface area contributed by atoms with Crippen molar-refractivity contribution in [2.24, 2.45) is 0 Å². The normalized spacial score (nSPS) is 12.3. The Bertz CT molecular complexity index is 407. The summed E-state index contributed by atoms with van der Waals surface area (Å²) in [5.41, 5.74) is 0.894. The van der Waals surface area contributed by atoms with Gasteiger partial charge in [-0.3, -0.25) is 4.79 Å². The van der Waals surface area contributed by atoms with E-state index < -0.39 is 0 Å². The number of nitrogens with zero attached hydrogens (tertiary/aromatic N) is 1. The predicted molar refractivity (Wildman–Crippen MR) is 71.6 cm³/mol. The van der Waals surface area contributed by atoms with Crippen molar-refractivity contribution in [3.63, 3.8) is 0 Å². The Morgan fingerprint density at radius 2 is 2.06 bits per heavy atom. The SMILES string of the molecule is CC(NCC(=O)N(C)C)c1cc(Cl)ccc1Cl. The molecule has 0 heterocycles. The Kier molecular flexibility index (Phi) is 5.25. The number of hydrogen-bond acceptors (Lipinski definition) is 2. The number of benzene rings is 1. The van der Waals surface area contributed by atoms with Crippen LogP contribution in [0.4, 0.5) is 0 Å². The molecule has 1 rings (SSSR count). The van der Waals surface area contributed by atoms with Crippen LogP contribution in [-0.4, -0.2) is 31.4 Å². The molecule has 1 unspecified atom stereocenters. The van der Waals surface area contributed by atoms with E-state index >= 15 is 0 Å². The monoisotopic (exact) mass is 274 g/mol. The summed E-state index contributed by atoms with van der Waals surface area (Å²) >= 11 is 12.0. The summed E-state index contributed by atoms with van der Waals surface area (Å²) < 4.78 is 0. The standard InChI is InChI=1S/C12H16Cl2N2O/c1-8(15-7-12(17)16(2)3)10-6-9(13)4-5-11(10)14/h4-6,8,15H,7H2,1-3H3. The second-order valence-electron chi connectivity index (χ2n) is 4.06. The quantitative estimate of drug-likeness (QED) is 0.916. The number of rotatable bonds is 4. The lowest BCUT2D eigenvalue weighted by atomic mass is 10.1. The largest absolute Gasteiger partial charge is 0.348 e. The summed E-state index contributed by atoms with van der Waals surface area (Å²) in [4.78, 5) is 13.0. The van der Waals surface area contributed by atoms with E-state index in [4.69, 9.17) is 23.2 Å². The predicted octanol–water partition coefficient (Wildman–Crippen LogP) is 2.73. The Morgan fingerprint density at radius 3 is 2.65 bits per heavy atom. The highest BCUT2D eigenvalue weighted by molar-refractivity contribution is 6.33. The minimum Gasteiger partial charge on any atom is -0.348 e. The molecule has 1 atom stereocenters. The Labute approximate surface area is 112 Å². The zero-order valence-corrected chi connectivity index (χ0v) is 11.6. The summed E-state index contributed by atoms with van der Waals surface area (Å²) in [6, 6.07) is 5.28. The molecule has 0 saturated heterocycles. The maximum absolute atomic E-state index is 11.4. The molecule has 0 spiro atoms. The molecule has 1 aromatic rings. The third kappa shape index (κ3) is 4.19. The van der Waals surface area contributed by atoms with Gasteiger partial charge in [0, 0.05) is 30.2 Å². The van der Waals surface area contributed by atoms with Gasteiger partial charge in [-0.25, -0.2) is 0 Å². The van der Waals surface area contributed by atoms with Gasteiger partial charge >= 0.3 is 0 Å². The zero-order chi connectivity index (χ0) is 13.0. The van der Waals surface area contributed by atoms with Crippen molar-refractivity contribution in [2.45, 2.75) is 13.0 Å². The molecule has 17 heavy (non-hydrogen) atoms. The molecule has 1 amide bonds. The number of likely N-dealkylation sites (N-methyl/N-ethyl adjacent to an activating group) is 1.